The molecule has 1 N–H and O–H groups in total. The van der Waals surface area contributed by atoms with Gasteiger partial charge in [-0.2, -0.15) is 4.31 Å². The second-order valence-electron chi connectivity index (χ2n) is 7.65. The molecule has 144 valence electrons. The molecular weight excluding hydrogens is 364 g/mol. The Kier molecular flexibility index (Phi) is 4.55. The monoisotopic (exact) mass is 388 g/mol. The van der Waals surface area contributed by atoms with Crippen LogP contribution < -0.4 is 5.32 Å². The fourth-order valence-electron chi connectivity index (χ4n) is 3.27. The Labute approximate surface area is 159 Å². The lowest BCUT2D eigenvalue weighted by molar-refractivity contribution is 0.0944. The number of carbonyl (C=O) groups excluding carboxylic acids is 1. The zero-order valence-electron chi connectivity index (χ0n) is 15.6. The van der Waals surface area contributed by atoms with Crippen molar-refractivity contribution in [2.24, 2.45) is 5.92 Å². The first kappa shape index (κ1) is 18.2. The first-order valence-electron chi connectivity index (χ1n) is 9.34. The van der Waals surface area contributed by atoms with Crippen LogP contribution in [0.25, 0.3) is 5.69 Å². The Hall–Kier alpha value is -2.19. The summed E-state index contributed by atoms with van der Waals surface area (Å²) < 4.78 is 29.7. The molecule has 1 saturated carbocycles. The third-order valence-electron chi connectivity index (χ3n) is 5.02. The summed E-state index contributed by atoms with van der Waals surface area (Å²) in [4.78, 5) is 17.2. The van der Waals surface area contributed by atoms with Crippen LogP contribution >= 0.6 is 0 Å². The minimum atomic E-state index is -3.65. The van der Waals surface area contributed by atoms with Gasteiger partial charge in [0.05, 0.1) is 17.9 Å². The lowest BCUT2D eigenvalue weighted by atomic mass is 10.1. The SMILES string of the molecule is CC(C)CCN1Cc2c(C(=O)NC3CC3)ncn2-c2ccccc2S1(=O)=O. The number of fused-ring (bicyclic) bond motifs is 3. The average Bonchev–Trinajstić information content (AvgIpc) is 3.35. The van der Waals surface area contributed by atoms with E-state index in [2.05, 4.69) is 24.1 Å². The van der Waals surface area contributed by atoms with Crippen molar-refractivity contribution in [2.45, 2.75) is 50.6 Å². The van der Waals surface area contributed by atoms with Crippen molar-refractivity contribution >= 4 is 15.9 Å². The smallest absolute Gasteiger partial charge is 0.272 e. The predicted molar refractivity (Wildman–Crippen MR) is 101 cm³/mol. The van der Waals surface area contributed by atoms with Crippen LogP contribution in [-0.2, 0) is 16.6 Å². The predicted octanol–water partition coefficient (Wildman–Crippen LogP) is 2.31. The normalized spacial score (nSPS) is 18.6. The van der Waals surface area contributed by atoms with Gasteiger partial charge in [-0.05, 0) is 37.3 Å². The number of nitrogens with zero attached hydrogens (tertiary/aromatic N) is 3. The highest BCUT2D eigenvalue weighted by Gasteiger charge is 2.35. The Bertz CT molecular complexity index is 977. The van der Waals surface area contributed by atoms with Gasteiger partial charge in [0.15, 0.2) is 5.69 Å². The number of aromatic nitrogens is 2. The highest BCUT2D eigenvalue weighted by molar-refractivity contribution is 7.89. The third-order valence-corrected chi connectivity index (χ3v) is 6.91. The van der Waals surface area contributed by atoms with Gasteiger partial charge in [-0.15, -0.1) is 0 Å². The highest BCUT2D eigenvalue weighted by Crippen LogP contribution is 2.32. The molecule has 8 heteroatoms. The van der Waals surface area contributed by atoms with E-state index in [1.807, 2.05) is 0 Å². The first-order chi connectivity index (χ1) is 12.9. The molecule has 1 aromatic heterocycles. The van der Waals surface area contributed by atoms with E-state index < -0.39 is 10.0 Å². The van der Waals surface area contributed by atoms with E-state index in [9.17, 15) is 13.2 Å². The standard InChI is InChI=1S/C19H24N4O3S/c1-13(2)9-10-22-11-16-18(19(24)21-14-7-8-14)20-12-23(16)15-5-3-4-6-17(15)27(22,25)26/h3-6,12-14H,7-11H2,1-2H3,(H,21,24). The molecule has 27 heavy (non-hydrogen) atoms. The van der Waals surface area contributed by atoms with Crippen LogP contribution in [0.15, 0.2) is 35.5 Å². The molecule has 2 heterocycles. The first-order valence-corrected chi connectivity index (χ1v) is 10.8. The van der Waals surface area contributed by atoms with Crippen LogP contribution in [0, 0.1) is 5.92 Å². The molecule has 1 aliphatic heterocycles. The van der Waals surface area contributed by atoms with Crippen LogP contribution in [0.1, 0.15) is 49.3 Å². The lowest BCUT2D eigenvalue weighted by Crippen LogP contribution is -2.33. The van der Waals surface area contributed by atoms with Gasteiger partial charge in [0.25, 0.3) is 5.91 Å². The van der Waals surface area contributed by atoms with E-state index in [1.54, 1.807) is 35.2 Å². The number of imidazole rings is 1. The molecular formula is C19H24N4O3S. The van der Waals surface area contributed by atoms with E-state index in [0.717, 1.165) is 19.3 Å². The Morgan fingerprint density at radius 1 is 1.30 bits per heavy atom. The maximum Gasteiger partial charge on any atom is 0.272 e. The molecule has 7 nitrogen and oxygen atoms in total. The molecule has 1 amide bonds. The topological polar surface area (TPSA) is 84.3 Å². The summed E-state index contributed by atoms with van der Waals surface area (Å²) in [5, 5.41) is 2.95. The van der Waals surface area contributed by atoms with Crippen LogP contribution in [0.3, 0.4) is 0 Å². The van der Waals surface area contributed by atoms with E-state index in [1.165, 1.54) is 4.31 Å². The van der Waals surface area contributed by atoms with E-state index >= 15 is 0 Å². The Morgan fingerprint density at radius 2 is 2.04 bits per heavy atom. The number of amides is 1. The maximum absolute atomic E-state index is 13.3. The molecule has 0 spiro atoms. The molecule has 1 aliphatic carbocycles. The van der Waals surface area contributed by atoms with E-state index in [0.29, 0.717) is 29.5 Å². The number of benzene rings is 1. The number of hydrogen-bond donors (Lipinski definition) is 1. The van der Waals surface area contributed by atoms with Crippen molar-refractivity contribution in [3.05, 3.63) is 42.0 Å². The molecule has 2 aliphatic rings. The number of rotatable bonds is 5. The molecule has 0 radical (unpaired) electrons. The number of carbonyl (C=O) groups is 1. The van der Waals surface area contributed by atoms with Gasteiger partial charge in [-0.1, -0.05) is 26.0 Å². The van der Waals surface area contributed by atoms with Crippen LogP contribution in [-0.4, -0.2) is 40.8 Å². The van der Waals surface area contributed by atoms with Crippen molar-refractivity contribution in [3.63, 3.8) is 0 Å². The number of hydrogen-bond acceptors (Lipinski definition) is 4. The van der Waals surface area contributed by atoms with Gasteiger partial charge >= 0.3 is 0 Å². The van der Waals surface area contributed by atoms with Gasteiger partial charge in [0.1, 0.15) is 11.2 Å². The fourth-order valence-corrected chi connectivity index (χ4v) is 4.87. The summed E-state index contributed by atoms with van der Waals surface area (Å²) >= 11 is 0. The molecule has 4 rings (SSSR count). The second-order valence-corrected chi connectivity index (χ2v) is 9.55. The summed E-state index contributed by atoms with van der Waals surface area (Å²) in [5.74, 6) is 0.146. The van der Waals surface area contributed by atoms with Crippen molar-refractivity contribution in [1.29, 1.82) is 0 Å². The van der Waals surface area contributed by atoms with E-state index in [4.69, 9.17) is 0 Å². The summed E-state index contributed by atoms with van der Waals surface area (Å²) in [6, 6.07) is 7.11. The van der Waals surface area contributed by atoms with E-state index in [-0.39, 0.29) is 23.4 Å². The fraction of sp³-hybridized carbons (Fsp3) is 0.474. The quantitative estimate of drug-likeness (QED) is 0.852. The van der Waals surface area contributed by atoms with Crippen molar-refractivity contribution < 1.29 is 13.2 Å². The minimum Gasteiger partial charge on any atom is -0.348 e. The number of nitrogens with one attached hydrogen (secondary N) is 1. The molecule has 0 atom stereocenters. The zero-order valence-corrected chi connectivity index (χ0v) is 16.4. The number of para-hydroxylation sites is 1. The summed E-state index contributed by atoms with van der Waals surface area (Å²) in [7, 11) is -3.65. The second kappa shape index (κ2) is 6.76. The lowest BCUT2D eigenvalue weighted by Gasteiger charge is -2.21. The largest absolute Gasteiger partial charge is 0.348 e. The molecule has 1 aromatic carbocycles. The molecule has 0 unspecified atom stereocenters. The summed E-state index contributed by atoms with van der Waals surface area (Å²) in [6.45, 7) is 4.68. The molecule has 1 fully saturated rings. The highest BCUT2D eigenvalue weighted by atomic mass is 32.2. The van der Waals surface area contributed by atoms with Crippen molar-refractivity contribution in [1.82, 2.24) is 19.2 Å². The zero-order chi connectivity index (χ0) is 19.2. The van der Waals surface area contributed by atoms with Gasteiger partial charge in [-0.3, -0.25) is 9.36 Å². The maximum atomic E-state index is 13.3. The van der Waals surface area contributed by atoms with Gasteiger partial charge in [0, 0.05) is 12.6 Å². The Balaban J connectivity index is 1.81. The Morgan fingerprint density at radius 3 is 2.74 bits per heavy atom. The molecule has 2 aromatic rings. The minimum absolute atomic E-state index is 0.136. The molecule has 0 saturated heterocycles. The van der Waals surface area contributed by atoms with Crippen molar-refractivity contribution in [2.75, 3.05) is 6.54 Å². The van der Waals surface area contributed by atoms with Gasteiger partial charge in [0.2, 0.25) is 10.0 Å². The summed E-state index contributed by atoms with van der Waals surface area (Å²) in [6.07, 6.45) is 4.27. The number of sulfonamides is 1. The van der Waals surface area contributed by atoms with Gasteiger partial charge < -0.3 is 5.32 Å². The van der Waals surface area contributed by atoms with Gasteiger partial charge in [-0.25, -0.2) is 13.4 Å². The molecule has 0 bridgehead atoms. The van der Waals surface area contributed by atoms with Crippen LogP contribution in [0.4, 0.5) is 0 Å². The van der Waals surface area contributed by atoms with Crippen LogP contribution in [0.2, 0.25) is 0 Å². The average molecular weight is 388 g/mol. The van der Waals surface area contributed by atoms with Crippen LogP contribution in [0.5, 0.6) is 0 Å². The van der Waals surface area contributed by atoms with Crippen molar-refractivity contribution in [3.8, 4) is 5.69 Å². The summed E-state index contributed by atoms with van der Waals surface area (Å²) in [5.41, 5.74) is 1.46. The third kappa shape index (κ3) is 3.39.